The van der Waals surface area contributed by atoms with E-state index in [0.29, 0.717) is 26.1 Å². The largest absolute Gasteiger partial charge is 0.463 e. The smallest absolute Gasteiger partial charge is 0.305 e. The molecular weight excluding hydrogens is 384 g/mol. The van der Waals surface area contributed by atoms with Crippen LogP contribution in [0.3, 0.4) is 0 Å². The molecule has 6 nitrogen and oxygen atoms in total. The van der Waals surface area contributed by atoms with E-state index in [2.05, 4.69) is 36.1 Å². The molecule has 0 aliphatic carbocycles. The molecule has 0 radical (unpaired) electrons. The van der Waals surface area contributed by atoms with E-state index >= 15 is 0 Å². The van der Waals surface area contributed by atoms with Crippen molar-refractivity contribution in [2.24, 2.45) is 0 Å². The van der Waals surface area contributed by atoms with Crippen molar-refractivity contribution in [3.05, 3.63) is 24.3 Å². The highest BCUT2D eigenvalue weighted by Crippen LogP contribution is 2.03. The average molecular weight is 419 g/mol. The van der Waals surface area contributed by atoms with Gasteiger partial charge in [-0.1, -0.05) is 36.1 Å². The lowest BCUT2D eigenvalue weighted by molar-refractivity contribution is -0.146. The van der Waals surface area contributed by atoms with Crippen LogP contribution in [0.2, 0.25) is 0 Å². The van der Waals surface area contributed by atoms with Crippen molar-refractivity contribution in [2.75, 3.05) is 39.6 Å². The van der Waals surface area contributed by atoms with Crippen LogP contribution >= 0.6 is 0 Å². The van der Waals surface area contributed by atoms with Gasteiger partial charge in [0.1, 0.15) is 26.4 Å². The maximum Gasteiger partial charge on any atom is 0.305 e. The second kappa shape index (κ2) is 22.7. The summed E-state index contributed by atoms with van der Waals surface area (Å²) < 4.78 is 20.1. The zero-order chi connectivity index (χ0) is 22.1. The average Bonchev–Trinajstić information content (AvgIpc) is 2.74. The number of hydrogen-bond donors (Lipinski definition) is 0. The highest BCUT2D eigenvalue weighted by molar-refractivity contribution is 5.69. The van der Waals surface area contributed by atoms with E-state index in [4.69, 9.17) is 31.8 Å². The van der Waals surface area contributed by atoms with E-state index in [1.54, 1.807) is 0 Å². The van der Waals surface area contributed by atoms with Gasteiger partial charge in [0.15, 0.2) is 0 Å². The zero-order valence-electron chi connectivity index (χ0n) is 17.8. The van der Waals surface area contributed by atoms with Crippen LogP contribution in [0.1, 0.15) is 51.4 Å². The van der Waals surface area contributed by atoms with E-state index < -0.39 is 0 Å². The number of carbonyl (C=O) groups is 2. The number of terminal acetylenes is 2. The lowest BCUT2D eigenvalue weighted by Crippen LogP contribution is -2.10. The third-order valence-corrected chi connectivity index (χ3v) is 3.69. The highest BCUT2D eigenvalue weighted by atomic mass is 16.6. The highest BCUT2D eigenvalue weighted by Gasteiger charge is 2.02. The molecule has 6 heteroatoms. The molecule has 166 valence electrons. The van der Waals surface area contributed by atoms with Crippen LogP contribution in [0, 0.1) is 24.7 Å². The first-order valence-electron chi connectivity index (χ1n) is 10.3. The maximum atomic E-state index is 11.5. The molecular formula is C24H34O6. The molecule has 0 aromatic rings. The number of unbranched alkanes of at least 4 members (excludes halogenated alkanes) is 3. The minimum absolute atomic E-state index is 0.211. The van der Waals surface area contributed by atoms with Gasteiger partial charge in [0.05, 0.1) is 13.2 Å². The Balaban J connectivity index is 3.42. The maximum absolute atomic E-state index is 11.5. The minimum Gasteiger partial charge on any atom is -0.463 e. The summed E-state index contributed by atoms with van der Waals surface area (Å²) in [7, 11) is 0. The van der Waals surface area contributed by atoms with E-state index in [1.807, 2.05) is 0 Å². The first-order chi connectivity index (χ1) is 14.7. The first kappa shape index (κ1) is 27.5. The normalized spacial score (nSPS) is 10.7. The fourth-order valence-corrected chi connectivity index (χ4v) is 2.23. The molecule has 0 saturated heterocycles. The van der Waals surface area contributed by atoms with Crippen LogP contribution < -0.4 is 0 Å². The summed E-state index contributed by atoms with van der Waals surface area (Å²) in [6, 6.07) is 0. The van der Waals surface area contributed by atoms with Gasteiger partial charge in [-0.05, 0) is 38.5 Å². The molecule has 0 bridgehead atoms. The molecule has 0 unspecified atom stereocenters. The molecule has 0 aliphatic heterocycles. The van der Waals surface area contributed by atoms with Gasteiger partial charge in [-0.2, -0.15) is 0 Å². The van der Waals surface area contributed by atoms with Gasteiger partial charge >= 0.3 is 11.9 Å². The van der Waals surface area contributed by atoms with Crippen LogP contribution in [-0.2, 0) is 28.5 Å². The van der Waals surface area contributed by atoms with Gasteiger partial charge in [0, 0.05) is 12.8 Å². The Kier molecular flexibility index (Phi) is 20.8. The van der Waals surface area contributed by atoms with E-state index in [9.17, 15) is 9.59 Å². The van der Waals surface area contributed by atoms with Crippen molar-refractivity contribution in [2.45, 2.75) is 51.4 Å². The van der Waals surface area contributed by atoms with Gasteiger partial charge < -0.3 is 18.9 Å². The standard InChI is InChI=1S/C24H34O6/c1-3-17-27-19-21-29-23(25)15-13-11-9-7-5-6-8-10-12-14-16-24(26)30-22-20-28-18-4-2/h1-2,7-10H,5-6,11-22H2/b9-7-,10-8-. The van der Waals surface area contributed by atoms with Gasteiger partial charge in [-0.25, -0.2) is 0 Å². The SMILES string of the molecule is C#CCOCCOC(=O)CCC/C=C\CC/C=C\CCCC(=O)OCCOCC#C. The van der Waals surface area contributed by atoms with Crippen molar-refractivity contribution < 1.29 is 28.5 Å². The Morgan fingerprint density at radius 2 is 1.03 bits per heavy atom. The zero-order valence-corrected chi connectivity index (χ0v) is 17.8. The Morgan fingerprint density at radius 1 is 0.633 bits per heavy atom. The molecule has 0 heterocycles. The number of carbonyl (C=O) groups excluding carboxylic acids is 2. The van der Waals surface area contributed by atoms with Gasteiger partial charge in [-0.3, -0.25) is 9.59 Å². The fourth-order valence-electron chi connectivity index (χ4n) is 2.23. The van der Waals surface area contributed by atoms with Crippen LogP contribution in [-0.4, -0.2) is 51.6 Å². The fraction of sp³-hybridized carbons (Fsp3) is 0.583. The molecule has 0 N–H and O–H groups in total. The summed E-state index contributed by atoms with van der Waals surface area (Å²) in [5, 5.41) is 0. The summed E-state index contributed by atoms with van der Waals surface area (Å²) in [5.74, 6) is 4.27. The van der Waals surface area contributed by atoms with E-state index in [1.165, 1.54) is 0 Å². The number of ether oxygens (including phenoxy) is 4. The Bertz CT molecular complexity index is 527. The predicted octanol–water partition coefficient (Wildman–Crippen LogP) is 3.61. The Labute approximate surface area is 181 Å². The number of esters is 2. The van der Waals surface area contributed by atoms with Crippen LogP contribution in [0.5, 0.6) is 0 Å². The first-order valence-corrected chi connectivity index (χ1v) is 10.3. The van der Waals surface area contributed by atoms with Crippen LogP contribution in [0.15, 0.2) is 24.3 Å². The molecule has 0 aromatic carbocycles. The summed E-state index contributed by atoms with van der Waals surface area (Å²) in [5.41, 5.74) is 0. The summed E-state index contributed by atoms with van der Waals surface area (Å²) >= 11 is 0. The molecule has 0 spiro atoms. The number of hydrogen-bond acceptors (Lipinski definition) is 6. The molecule has 0 saturated carbocycles. The number of allylic oxidation sites excluding steroid dienone is 4. The quantitative estimate of drug-likeness (QED) is 0.138. The molecule has 0 fully saturated rings. The van der Waals surface area contributed by atoms with Crippen molar-refractivity contribution in [1.29, 1.82) is 0 Å². The van der Waals surface area contributed by atoms with Gasteiger partial charge in [0.25, 0.3) is 0 Å². The third kappa shape index (κ3) is 21.8. The lowest BCUT2D eigenvalue weighted by Gasteiger charge is -2.03. The van der Waals surface area contributed by atoms with Crippen molar-refractivity contribution in [3.63, 3.8) is 0 Å². The number of rotatable bonds is 19. The van der Waals surface area contributed by atoms with E-state index in [0.717, 1.165) is 38.5 Å². The molecule has 0 rings (SSSR count). The van der Waals surface area contributed by atoms with Gasteiger partial charge in [-0.15, -0.1) is 12.8 Å². The summed E-state index contributed by atoms with van der Waals surface area (Å²) in [6.45, 7) is 1.61. The summed E-state index contributed by atoms with van der Waals surface area (Å²) in [6.07, 6.45) is 24.4. The van der Waals surface area contributed by atoms with Crippen molar-refractivity contribution in [1.82, 2.24) is 0 Å². The molecule has 0 atom stereocenters. The Hall–Kier alpha value is -2.54. The third-order valence-electron chi connectivity index (χ3n) is 3.69. The molecule has 30 heavy (non-hydrogen) atoms. The van der Waals surface area contributed by atoms with Crippen molar-refractivity contribution >= 4 is 11.9 Å². The van der Waals surface area contributed by atoms with Crippen LogP contribution in [0.25, 0.3) is 0 Å². The van der Waals surface area contributed by atoms with Crippen LogP contribution in [0.4, 0.5) is 0 Å². The monoisotopic (exact) mass is 418 g/mol. The van der Waals surface area contributed by atoms with E-state index in [-0.39, 0.29) is 38.4 Å². The van der Waals surface area contributed by atoms with Gasteiger partial charge in [0.2, 0.25) is 0 Å². The molecule has 0 aromatic heterocycles. The second-order valence-corrected chi connectivity index (χ2v) is 6.26. The Morgan fingerprint density at radius 3 is 1.43 bits per heavy atom. The summed E-state index contributed by atoms with van der Waals surface area (Å²) in [4.78, 5) is 23.0. The predicted molar refractivity (Wildman–Crippen MR) is 116 cm³/mol. The second-order valence-electron chi connectivity index (χ2n) is 6.26. The van der Waals surface area contributed by atoms with Crippen molar-refractivity contribution in [3.8, 4) is 24.7 Å². The topological polar surface area (TPSA) is 71.1 Å². The lowest BCUT2D eigenvalue weighted by atomic mass is 10.2. The minimum atomic E-state index is -0.211. The molecule has 0 aliphatic rings. The molecule has 0 amide bonds.